The second-order valence-corrected chi connectivity index (χ2v) is 3.82. The van der Waals surface area contributed by atoms with Gasteiger partial charge in [-0.05, 0) is 18.9 Å². The molecule has 0 fully saturated rings. The highest BCUT2D eigenvalue weighted by Crippen LogP contribution is 2.00. The predicted molar refractivity (Wildman–Crippen MR) is 70.2 cm³/mol. The maximum atomic E-state index is 5.62. The number of rotatable bonds is 2. The summed E-state index contributed by atoms with van der Waals surface area (Å²) in [5, 5.41) is 0. The van der Waals surface area contributed by atoms with E-state index in [2.05, 4.69) is 12.1 Å². The molecule has 2 aromatic carbocycles. The van der Waals surface area contributed by atoms with E-state index < -0.39 is 0 Å². The molecule has 16 heavy (non-hydrogen) atoms. The van der Waals surface area contributed by atoms with Gasteiger partial charge in [0.05, 0.1) is 0 Å². The molecule has 0 aliphatic rings. The quantitative estimate of drug-likeness (QED) is 0.814. The van der Waals surface area contributed by atoms with E-state index in [0.717, 1.165) is 6.42 Å². The first-order valence-corrected chi connectivity index (χ1v) is 5.58. The van der Waals surface area contributed by atoms with Gasteiger partial charge in [0.1, 0.15) is 0 Å². The van der Waals surface area contributed by atoms with E-state index in [4.69, 9.17) is 5.73 Å². The Morgan fingerprint density at radius 1 is 0.812 bits per heavy atom. The molecule has 0 saturated carbocycles. The Bertz CT molecular complexity index is 327. The van der Waals surface area contributed by atoms with Crippen LogP contribution in [0.4, 0.5) is 0 Å². The molecule has 84 valence electrons. The smallest absolute Gasteiger partial charge is 0.00509 e. The minimum absolute atomic E-state index is 0.266. The van der Waals surface area contributed by atoms with Crippen molar-refractivity contribution in [1.29, 1.82) is 0 Å². The fraction of sp³-hybridized carbons (Fsp3) is 0.200. The Kier molecular flexibility index (Phi) is 5.97. The van der Waals surface area contributed by atoms with Crippen molar-refractivity contribution in [3.63, 3.8) is 0 Å². The highest BCUT2D eigenvalue weighted by atomic mass is 14.6. The van der Waals surface area contributed by atoms with Crippen molar-refractivity contribution in [2.24, 2.45) is 5.73 Å². The lowest BCUT2D eigenvalue weighted by atomic mass is 10.1. The van der Waals surface area contributed by atoms with E-state index in [-0.39, 0.29) is 6.04 Å². The zero-order valence-electron chi connectivity index (χ0n) is 9.71. The highest BCUT2D eigenvalue weighted by molar-refractivity contribution is 5.15. The third-order valence-electron chi connectivity index (χ3n) is 2.07. The first-order chi connectivity index (χ1) is 7.79. The molecule has 0 saturated heterocycles. The summed E-state index contributed by atoms with van der Waals surface area (Å²) in [6, 6.07) is 22.6. The number of benzene rings is 2. The van der Waals surface area contributed by atoms with Gasteiger partial charge < -0.3 is 5.73 Å². The summed E-state index contributed by atoms with van der Waals surface area (Å²) in [4.78, 5) is 0. The van der Waals surface area contributed by atoms with Crippen LogP contribution in [0.5, 0.6) is 0 Å². The van der Waals surface area contributed by atoms with E-state index in [1.807, 2.05) is 61.5 Å². The Hall–Kier alpha value is -1.60. The Labute approximate surface area is 97.9 Å². The maximum absolute atomic E-state index is 5.62. The minimum Gasteiger partial charge on any atom is -0.328 e. The van der Waals surface area contributed by atoms with Crippen LogP contribution in [0.25, 0.3) is 0 Å². The highest BCUT2D eigenvalue weighted by Gasteiger charge is 1.94. The van der Waals surface area contributed by atoms with Gasteiger partial charge in [-0.3, -0.25) is 0 Å². The largest absolute Gasteiger partial charge is 0.328 e. The molecule has 1 unspecified atom stereocenters. The number of hydrogen-bond acceptors (Lipinski definition) is 1. The molecule has 1 nitrogen and oxygen atoms in total. The van der Waals surface area contributed by atoms with Gasteiger partial charge in [-0.15, -0.1) is 0 Å². The predicted octanol–water partition coefficient (Wildman–Crippen LogP) is 3.26. The molecule has 2 N–H and O–H groups in total. The van der Waals surface area contributed by atoms with Crippen molar-refractivity contribution >= 4 is 0 Å². The molecule has 0 amide bonds. The lowest BCUT2D eigenvalue weighted by molar-refractivity contribution is 0.738. The molecule has 1 heteroatoms. The monoisotopic (exact) mass is 213 g/mol. The topological polar surface area (TPSA) is 26.0 Å². The third-order valence-corrected chi connectivity index (χ3v) is 2.07. The van der Waals surface area contributed by atoms with Crippen molar-refractivity contribution in [1.82, 2.24) is 0 Å². The molecular weight excluding hydrogens is 194 g/mol. The molecule has 0 radical (unpaired) electrons. The van der Waals surface area contributed by atoms with Gasteiger partial charge in [0.25, 0.3) is 0 Å². The van der Waals surface area contributed by atoms with Gasteiger partial charge in [-0.2, -0.15) is 0 Å². The van der Waals surface area contributed by atoms with Crippen LogP contribution in [0.2, 0.25) is 0 Å². The van der Waals surface area contributed by atoms with Crippen molar-refractivity contribution in [2.45, 2.75) is 19.4 Å². The van der Waals surface area contributed by atoms with Crippen LogP contribution >= 0.6 is 0 Å². The average molecular weight is 213 g/mol. The van der Waals surface area contributed by atoms with E-state index in [1.165, 1.54) is 5.56 Å². The normalized spacial score (nSPS) is 11.1. The Morgan fingerprint density at radius 2 is 1.19 bits per heavy atom. The van der Waals surface area contributed by atoms with Gasteiger partial charge in [-0.25, -0.2) is 0 Å². The number of nitrogens with two attached hydrogens (primary N) is 1. The second-order valence-electron chi connectivity index (χ2n) is 3.82. The molecular formula is C15H19N. The van der Waals surface area contributed by atoms with Gasteiger partial charge in [0, 0.05) is 6.04 Å². The SMILES string of the molecule is CC(N)Cc1ccccc1.c1ccccc1. The third kappa shape index (κ3) is 5.99. The number of hydrogen-bond donors (Lipinski definition) is 1. The summed E-state index contributed by atoms with van der Waals surface area (Å²) >= 11 is 0. The molecule has 0 heterocycles. The van der Waals surface area contributed by atoms with Crippen LogP contribution in [0.3, 0.4) is 0 Å². The van der Waals surface area contributed by atoms with Crippen LogP contribution in [0.1, 0.15) is 12.5 Å². The zero-order valence-corrected chi connectivity index (χ0v) is 9.71. The summed E-state index contributed by atoms with van der Waals surface area (Å²) in [5.41, 5.74) is 6.94. The molecule has 2 aromatic rings. The van der Waals surface area contributed by atoms with E-state index >= 15 is 0 Å². The van der Waals surface area contributed by atoms with E-state index in [1.54, 1.807) is 0 Å². The van der Waals surface area contributed by atoms with E-state index in [0.29, 0.717) is 0 Å². The molecule has 1 atom stereocenters. The second kappa shape index (κ2) is 7.66. The fourth-order valence-corrected chi connectivity index (χ4v) is 1.37. The lowest BCUT2D eigenvalue weighted by Crippen LogP contribution is -2.17. The maximum Gasteiger partial charge on any atom is 0.00509 e. The summed E-state index contributed by atoms with van der Waals surface area (Å²) in [6.45, 7) is 2.02. The minimum atomic E-state index is 0.266. The molecule has 0 bridgehead atoms. The Balaban J connectivity index is 0.000000181. The summed E-state index contributed by atoms with van der Waals surface area (Å²) < 4.78 is 0. The van der Waals surface area contributed by atoms with E-state index in [9.17, 15) is 0 Å². The summed E-state index contributed by atoms with van der Waals surface area (Å²) in [6.07, 6.45) is 0.973. The van der Waals surface area contributed by atoms with Gasteiger partial charge in [0.15, 0.2) is 0 Å². The first kappa shape index (κ1) is 12.5. The molecule has 0 aliphatic heterocycles. The average Bonchev–Trinajstić information content (AvgIpc) is 2.32. The van der Waals surface area contributed by atoms with Crippen LogP contribution in [0, 0.1) is 0 Å². The summed E-state index contributed by atoms with van der Waals surface area (Å²) in [5.74, 6) is 0. The Morgan fingerprint density at radius 3 is 1.56 bits per heavy atom. The summed E-state index contributed by atoms with van der Waals surface area (Å²) in [7, 11) is 0. The first-order valence-electron chi connectivity index (χ1n) is 5.58. The van der Waals surface area contributed by atoms with Crippen molar-refractivity contribution in [3.8, 4) is 0 Å². The standard InChI is InChI=1S/C9H13N.C6H6/c1-8(10)7-9-5-3-2-4-6-9;1-2-4-6-5-3-1/h2-6,8H,7,10H2,1H3;1-6H. The lowest BCUT2D eigenvalue weighted by Gasteiger charge is -2.02. The van der Waals surface area contributed by atoms with Crippen LogP contribution in [0.15, 0.2) is 66.7 Å². The van der Waals surface area contributed by atoms with Gasteiger partial charge >= 0.3 is 0 Å². The van der Waals surface area contributed by atoms with Crippen LogP contribution in [-0.4, -0.2) is 6.04 Å². The molecule has 0 spiro atoms. The molecule has 0 aromatic heterocycles. The van der Waals surface area contributed by atoms with Crippen LogP contribution < -0.4 is 5.73 Å². The zero-order chi connectivity index (χ0) is 11.6. The molecule has 0 aliphatic carbocycles. The van der Waals surface area contributed by atoms with Crippen molar-refractivity contribution in [3.05, 3.63) is 72.3 Å². The molecule has 2 rings (SSSR count). The van der Waals surface area contributed by atoms with Gasteiger partial charge in [-0.1, -0.05) is 66.7 Å². The van der Waals surface area contributed by atoms with Crippen molar-refractivity contribution < 1.29 is 0 Å². The fourth-order valence-electron chi connectivity index (χ4n) is 1.37. The van der Waals surface area contributed by atoms with Crippen molar-refractivity contribution in [2.75, 3.05) is 0 Å². The van der Waals surface area contributed by atoms with Gasteiger partial charge in [0.2, 0.25) is 0 Å². The van der Waals surface area contributed by atoms with Crippen LogP contribution in [-0.2, 0) is 6.42 Å².